The fourth-order valence-corrected chi connectivity index (χ4v) is 5.30. The van der Waals surface area contributed by atoms with E-state index in [0.29, 0.717) is 18.9 Å². The van der Waals surface area contributed by atoms with Crippen LogP contribution in [-0.4, -0.2) is 36.8 Å². The molecule has 9 heteroatoms. The first-order valence-corrected chi connectivity index (χ1v) is 8.98. The second kappa shape index (κ2) is 5.45. The number of nitrogens with zero attached hydrogens (tertiary/aromatic N) is 1. The minimum absolute atomic E-state index is 0.132. The number of nitrogens with one attached hydrogen (secondary N) is 1. The van der Waals surface area contributed by atoms with Gasteiger partial charge in [0.05, 0.1) is 16.0 Å². The Hall–Kier alpha value is -1.61. The molecule has 0 radical (unpaired) electrons. The number of benzene rings is 1. The molecule has 24 heavy (non-hydrogen) atoms. The maximum absolute atomic E-state index is 12.9. The topological polar surface area (TPSA) is 66.5 Å². The van der Waals surface area contributed by atoms with Crippen LogP contribution in [0.2, 0.25) is 0 Å². The van der Waals surface area contributed by atoms with E-state index < -0.39 is 33.3 Å². The molecule has 0 saturated carbocycles. The molecular formula is C15H17F3N2O3S. The predicted octanol–water partition coefficient (Wildman–Crippen LogP) is 2.14. The summed E-state index contributed by atoms with van der Waals surface area (Å²) in [5, 5.41) is 2.82. The maximum Gasteiger partial charge on any atom is 0.416 e. The molecule has 0 bridgehead atoms. The summed E-state index contributed by atoms with van der Waals surface area (Å²) in [5.74, 6) is -0.132. The highest BCUT2D eigenvalue weighted by Crippen LogP contribution is 2.39. The van der Waals surface area contributed by atoms with Gasteiger partial charge in [0.2, 0.25) is 15.9 Å². The quantitative estimate of drug-likeness (QED) is 0.877. The van der Waals surface area contributed by atoms with Gasteiger partial charge in [0.15, 0.2) is 0 Å². The molecule has 2 aliphatic rings. The van der Waals surface area contributed by atoms with E-state index in [1.807, 2.05) is 0 Å². The molecule has 1 aromatic rings. The average Bonchev–Trinajstić information content (AvgIpc) is 2.83. The van der Waals surface area contributed by atoms with Crippen LogP contribution in [0.3, 0.4) is 0 Å². The number of halogens is 3. The van der Waals surface area contributed by atoms with Gasteiger partial charge in [-0.2, -0.15) is 17.5 Å². The number of hydrogen-bond acceptors (Lipinski definition) is 3. The number of fused-ring (bicyclic) bond motifs is 1. The number of sulfonamides is 1. The third-order valence-electron chi connectivity index (χ3n) is 4.77. The van der Waals surface area contributed by atoms with Crippen LogP contribution in [0.15, 0.2) is 29.2 Å². The first-order chi connectivity index (χ1) is 11.0. The van der Waals surface area contributed by atoms with Gasteiger partial charge in [-0.1, -0.05) is 6.07 Å². The number of hydrogen-bond donors (Lipinski definition) is 1. The molecule has 0 aromatic heterocycles. The van der Waals surface area contributed by atoms with Crippen molar-refractivity contribution in [3.05, 3.63) is 29.8 Å². The maximum atomic E-state index is 12.9. The smallest absolute Gasteiger partial charge is 0.349 e. The van der Waals surface area contributed by atoms with Gasteiger partial charge in [-0.05, 0) is 38.0 Å². The van der Waals surface area contributed by atoms with Crippen molar-refractivity contribution in [2.24, 2.45) is 0 Å². The Morgan fingerprint density at radius 3 is 2.71 bits per heavy atom. The predicted molar refractivity (Wildman–Crippen MR) is 79.5 cm³/mol. The molecular weight excluding hydrogens is 345 g/mol. The van der Waals surface area contributed by atoms with Crippen molar-refractivity contribution in [3.63, 3.8) is 0 Å². The van der Waals surface area contributed by atoms with E-state index in [2.05, 4.69) is 5.32 Å². The summed E-state index contributed by atoms with van der Waals surface area (Å²) in [6, 6.07) is 3.31. The van der Waals surface area contributed by atoms with Crippen LogP contribution in [0, 0.1) is 0 Å². The van der Waals surface area contributed by atoms with Gasteiger partial charge in [-0.3, -0.25) is 4.79 Å². The SMILES string of the molecule is C[C@]12CCN(S(=O)(=O)c3cccc(C(F)(F)F)c3)[C@H]1CCC(=O)N2. The zero-order valence-electron chi connectivity index (χ0n) is 12.9. The van der Waals surface area contributed by atoms with Gasteiger partial charge in [-0.15, -0.1) is 0 Å². The van der Waals surface area contributed by atoms with Crippen molar-refractivity contribution < 1.29 is 26.4 Å². The van der Waals surface area contributed by atoms with Crippen LogP contribution in [-0.2, 0) is 21.0 Å². The Morgan fingerprint density at radius 1 is 1.33 bits per heavy atom. The first kappa shape index (κ1) is 17.2. The Balaban J connectivity index is 1.96. The van der Waals surface area contributed by atoms with E-state index in [9.17, 15) is 26.4 Å². The minimum atomic E-state index is -4.61. The fraction of sp³-hybridized carbons (Fsp3) is 0.533. The first-order valence-electron chi connectivity index (χ1n) is 7.54. The van der Waals surface area contributed by atoms with Gasteiger partial charge in [0.25, 0.3) is 0 Å². The molecule has 3 rings (SSSR count). The summed E-state index contributed by atoms with van der Waals surface area (Å²) in [6.45, 7) is 1.94. The van der Waals surface area contributed by atoms with Crippen molar-refractivity contribution in [2.75, 3.05) is 6.54 Å². The van der Waals surface area contributed by atoms with Crippen LogP contribution in [0.25, 0.3) is 0 Å². The molecule has 1 N–H and O–H groups in total. The lowest BCUT2D eigenvalue weighted by Gasteiger charge is -2.39. The lowest BCUT2D eigenvalue weighted by Crippen LogP contribution is -2.58. The highest BCUT2D eigenvalue weighted by atomic mass is 32.2. The molecule has 0 spiro atoms. The van der Waals surface area contributed by atoms with Crippen LogP contribution >= 0.6 is 0 Å². The second-order valence-electron chi connectivity index (χ2n) is 6.41. The molecule has 132 valence electrons. The van der Waals surface area contributed by atoms with Crippen LogP contribution in [0.5, 0.6) is 0 Å². The van der Waals surface area contributed by atoms with E-state index in [1.54, 1.807) is 6.92 Å². The summed E-state index contributed by atoms with van der Waals surface area (Å²) in [6.07, 6.45) is -3.61. The summed E-state index contributed by atoms with van der Waals surface area (Å²) >= 11 is 0. The van der Waals surface area contributed by atoms with E-state index in [4.69, 9.17) is 0 Å². The fourth-order valence-electron chi connectivity index (χ4n) is 3.50. The number of carbonyl (C=O) groups is 1. The average molecular weight is 362 g/mol. The number of rotatable bonds is 2. The van der Waals surface area contributed by atoms with Crippen molar-refractivity contribution in [2.45, 2.75) is 48.8 Å². The number of piperidine rings is 1. The summed E-state index contributed by atoms with van der Waals surface area (Å²) in [4.78, 5) is 11.2. The Morgan fingerprint density at radius 2 is 2.04 bits per heavy atom. The molecule has 5 nitrogen and oxygen atoms in total. The number of alkyl halides is 3. The molecule has 0 unspecified atom stereocenters. The highest BCUT2D eigenvalue weighted by molar-refractivity contribution is 7.89. The van der Waals surface area contributed by atoms with Gasteiger partial charge in [0, 0.05) is 19.0 Å². The van der Waals surface area contributed by atoms with E-state index in [1.165, 1.54) is 10.4 Å². The van der Waals surface area contributed by atoms with E-state index in [0.717, 1.165) is 12.1 Å². The standard InChI is InChI=1S/C15H17F3N2O3S/c1-14-7-8-20(12(14)5-6-13(21)19-14)24(22,23)11-4-2-3-10(9-11)15(16,17)18/h2-4,9,12H,5-8H2,1H3,(H,19,21)/t12-,14-/m0/s1. The van der Waals surface area contributed by atoms with Gasteiger partial charge >= 0.3 is 6.18 Å². The van der Waals surface area contributed by atoms with Crippen molar-refractivity contribution >= 4 is 15.9 Å². The molecule has 2 atom stereocenters. The molecule has 2 saturated heterocycles. The summed E-state index contributed by atoms with van der Waals surface area (Å²) in [5.41, 5.74) is -1.67. The van der Waals surface area contributed by atoms with Crippen LogP contribution in [0.1, 0.15) is 31.7 Å². The minimum Gasteiger partial charge on any atom is -0.349 e. The Kier molecular flexibility index (Phi) is 3.91. The van der Waals surface area contributed by atoms with Gasteiger partial charge in [0.1, 0.15) is 0 Å². The Bertz CT molecular complexity index is 778. The summed E-state index contributed by atoms with van der Waals surface area (Å²) < 4.78 is 65.5. The molecule has 2 aliphatic heterocycles. The van der Waals surface area contributed by atoms with Crippen molar-refractivity contribution in [1.82, 2.24) is 9.62 Å². The van der Waals surface area contributed by atoms with Gasteiger partial charge in [-0.25, -0.2) is 8.42 Å². The number of carbonyl (C=O) groups excluding carboxylic acids is 1. The summed E-state index contributed by atoms with van der Waals surface area (Å²) in [7, 11) is -4.07. The number of amides is 1. The zero-order valence-corrected chi connectivity index (χ0v) is 13.7. The largest absolute Gasteiger partial charge is 0.416 e. The van der Waals surface area contributed by atoms with E-state index >= 15 is 0 Å². The lowest BCUT2D eigenvalue weighted by molar-refractivity contribution is -0.137. The van der Waals surface area contributed by atoms with E-state index in [-0.39, 0.29) is 23.8 Å². The third kappa shape index (κ3) is 2.79. The van der Waals surface area contributed by atoms with Crippen molar-refractivity contribution in [3.8, 4) is 0 Å². The zero-order chi connectivity index (χ0) is 17.8. The van der Waals surface area contributed by atoms with Crippen LogP contribution < -0.4 is 5.32 Å². The molecule has 1 amide bonds. The van der Waals surface area contributed by atoms with Gasteiger partial charge < -0.3 is 5.32 Å². The highest BCUT2D eigenvalue weighted by Gasteiger charge is 2.51. The monoisotopic (exact) mass is 362 g/mol. The molecule has 2 heterocycles. The molecule has 1 aromatic carbocycles. The second-order valence-corrected chi connectivity index (χ2v) is 8.30. The molecule has 0 aliphatic carbocycles. The molecule has 2 fully saturated rings. The third-order valence-corrected chi connectivity index (χ3v) is 6.68. The Labute approximate surface area is 137 Å². The lowest BCUT2D eigenvalue weighted by atomic mass is 9.86. The van der Waals surface area contributed by atoms with Crippen LogP contribution in [0.4, 0.5) is 13.2 Å². The normalized spacial score (nSPS) is 28.5. The van der Waals surface area contributed by atoms with Crippen molar-refractivity contribution in [1.29, 1.82) is 0 Å².